The lowest BCUT2D eigenvalue weighted by molar-refractivity contribution is -0.137. The number of aryl methyl sites for hydroxylation is 1. The first kappa shape index (κ1) is 21.2. The van der Waals surface area contributed by atoms with Crippen molar-refractivity contribution in [2.45, 2.75) is 26.7 Å². The van der Waals surface area contributed by atoms with Crippen molar-refractivity contribution in [1.29, 1.82) is 0 Å². The van der Waals surface area contributed by atoms with E-state index in [-0.39, 0.29) is 17.9 Å². The summed E-state index contributed by atoms with van der Waals surface area (Å²) in [6.45, 7) is 8.66. The van der Waals surface area contributed by atoms with Crippen LogP contribution in [0.1, 0.15) is 24.0 Å². The molecule has 1 atom stereocenters. The smallest absolute Gasteiger partial charge is 0.321 e. The molecular weight excluding hydrogens is 388 g/mol. The van der Waals surface area contributed by atoms with E-state index in [9.17, 15) is 9.59 Å². The molecular formula is C25H32N4O2. The third-order valence-corrected chi connectivity index (χ3v) is 6.59. The maximum absolute atomic E-state index is 13.2. The van der Waals surface area contributed by atoms with Gasteiger partial charge in [-0.3, -0.25) is 4.79 Å². The lowest BCUT2D eigenvalue weighted by Crippen LogP contribution is -2.53. The molecule has 0 aromatic heterocycles. The number of rotatable bonds is 3. The van der Waals surface area contributed by atoms with Crippen molar-refractivity contribution in [2.24, 2.45) is 5.92 Å². The number of amides is 3. The Bertz CT molecular complexity index is 922. The van der Waals surface area contributed by atoms with Gasteiger partial charge in [0.2, 0.25) is 5.91 Å². The summed E-state index contributed by atoms with van der Waals surface area (Å²) in [5.41, 5.74) is 4.67. The van der Waals surface area contributed by atoms with E-state index in [1.807, 2.05) is 35.2 Å². The van der Waals surface area contributed by atoms with Crippen LogP contribution in [0.5, 0.6) is 0 Å². The highest BCUT2D eigenvalue weighted by Gasteiger charge is 2.32. The number of nitrogens with zero attached hydrogens (tertiary/aromatic N) is 3. The maximum atomic E-state index is 13.2. The molecule has 31 heavy (non-hydrogen) atoms. The molecule has 4 rings (SSSR count). The number of benzene rings is 2. The van der Waals surface area contributed by atoms with Gasteiger partial charge in [0.25, 0.3) is 0 Å². The second-order valence-corrected chi connectivity index (χ2v) is 8.61. The van der Waals surface area contributed by atoms with Crippen molar-refractivity contribution < 1.29 is 9.59 Å². The molecule has 6 heteroatoms. The molecule has 2 saturated heterocycles. The number of carbonyl (C=O) groups is 2. The summed E-state index contributed by atoms with van der Waals surface area (Å²) in [5.74, 6) is 0.0837. The summed E-state index contributed by atoms with van der Waals surface area (Å²) in [4.78, 5) is 32.0. The summed E-state index contributed by atoms with van der Waals surface area (Å²) in [5, 5.41) is 2.94. The molecule has 2 heterocycles. The topological polar surface area (TPSA) is 55.9 Å². The highest BCUT2D eigenvalue weighted by molar-refractivity contribution is 5.90. The molecule has 164 valence electrons. The summed E-state index contributed by atoms with van der Waals surface area (Å²) < 4.78 is 0. The van der Waals surface area contributed by atoms with Gasteiger partial charge in [-0.25, -0.2) is 4.79 Å². The van der Waals surface area contributed by atoms with Gasteiger partial charge in [0.15, 0.2) is 0 Å². The zero-order valence-corrected chi connectivity index (χ0v) is 18.5. The number of piperazine rings is 1. The van der Waals surface area contributed by atoms with Gasteiger partial charge in [0, 0.05) is 50.6 Å². The Morgan fingerprint density at radius 1 is 0.871 bits per heavy atom. The molecule has 0 bridgehead atoms. The minimum Gasteiger partial charge on any atom is -0.368 e. The van der Waals surface area contributed by atoms with Gasteiger partial charge in [-0.2, -0.15) is 0 Å². The van der Waals surface area contributed by atoms with E-state index in [0.717, 1.165) is 44.7 Å². The minimum absolute atomic E-state index is 0.109. The first-order valence-corrected chi connectivity index (χ1v) is 11.2. The zero-order chi connectivity index (χ0) is 21.8. The Morgan fingerprint density at radius 2 is 1.61 bits per heavy atom. The molecule has 1 unspecified atom stereocenters. The normalized spacial score (nSPS) is 19.3. The number of urea groups is 1. The van der Waals surface area contributed by atoms with E-state index in [1.165, 1.54) is 16.8 Å². The lowest BCUT2D eigenvalue weighted by atomic mass is 9.96. The fraction of sp³-hybridized carbons (Fsp3) is 0.440. The number of piperidine rings is 1. The van der Waals surface area contributed by atoms with Gasteiger partial charge in [-0.15, -0.1) is 0 Å². The van der Waals surface area contributed by atoms with Crippen molar-refractivity contribution in [3.63, 3.8) is 0 Å². The number of anilines is 2. The third kappa shape index (κ3) is 4.84. The van der Waals surface area contributed by atoms with Crippen LogP contribution in [-0.2, 0) is 4.79 Å². The Kier molecular flexibility index (Phi) is 6.44. The van der Waals surface area contributed by atoms with Crippen LogP contribution in [-0.4, -0.2) is 61.0 Å². The number of likely N-dealkylation sites (tertiary alicyclic amines) is 1. The van der Waals surface area contributed by atoms with Crippen LogP contribution < -0.4 is 10.2 Å². The van der Waals surface area contributed by atoms with E-state index >= 15 is 0 Å². The van der Waals surface area contributed by atoms with E-state index in [0.29, 0.717) is 13.1 Å². The minimum atomic E-state index is -0.122. The molecule has 2 aliphatic heterocycles. The van der Waals surface area contributed by atoms with E-state index < -0.39 is 0 Å². The number of hydrogen-bond acceptors (Lipinski definition) is 3. The molecule has 0 radical (unpaired) electrons. The van der Waals surface area contributed by atoms with Gasteiger partial charge in [0.05, 0.1) is 5.92 Å². The molecule has 2 fully saturated rings. The van der Waals surface area contributed by atoms with Gasteiger partial charge >= 0.3 is 6.03 Å². The number of para-hydroxylation sites is 1. The second kappa shape index (κ2) is 9.41. The second-order valence-electron chi connectivity index (χ2n) is 8.61. The molecule has 0 saturated carbocycles. The largest absolute Gasteiger partial charge is 0.368 e. The Balaban J connectivity index is 1.32. The van der Waals surface area contributed by atoms with Crippen molar-refractivity contribution in [3.05, 3.63) is 59.7 Å². The van der Waals surface area contributed by atoms with E-state index in [1.54, 1.807) is 4.90 Å². The van der Waals surface area contributed by atoms with Crippen molar-refractivity contribution in [2.75, 3.05) is 49.5 Å². The predicted molar refractivity (Wildman–Crippen MR) is 124 cm³/mol. The summed E-state index contributed by atoms with van der Waals surface area (Å²) in [6.07, 6.45) is 1.71. The van der Waals surface area contributed by atoms with Gasteiger partial charge in [-0.05, 0) is 56.0 Å². The molecule has 2 aromatic rings. The standard InChI is InChI=1S/C25H32N4O2/c1-19-8-6-12-23(20(19)2)27-14-16-28(17-15-27)24(30)21-9-7-13-29(18-21)25(31)26-22-10-4-3-5-11-22/h3-6,8,10-12,21H,7,9,13-18H2,1-2H3,(H,26,31). The molecule has 2 aliphatic rings. The number of hydrogen-bond donors (Lipinski definition) is 1. The van der Waals surface area contributed by atoms with Crippen LogP contribution in [0.25, 0.3) is 0 Å². The first-order chi connectivity index (χ1) is 15.0. The quantitative estimate of drug-likeness (QED) is 0.820. The van der Waals surface area contributed by atoms with Crippen molar-refractivity contribution >= 4 is 23.3 Å². The van der Waals surface area contributed by atoms with Gasteiger partial charge < -0.3 is 20.0 Å². The van der Waals surface area contributed by atoms with Crippen LogP contribution in [0, 0.1) is 19.8 Å². The molecule has 6 nitrogen and oxygen atoms in total. The molecule has 3 amide bonds. The van der Waals surface area contributed by atoms with Gasteiger partial charge in [0.1, 0.15) is 0 Å². The third-order valence-electron chi connectivity index (χ3n) is 6.59. The average Bonchev–Trinajstić information content (AvgIpc) is 2.81. The molecule has 2 aromatic carbocycles. The number of carbonyl (C=O) groups excluding carboxylic acids is 2. The molecule has 0 aliphatic carbocycles. The number of nitrogens with one attached hydrogen (secondary N) is 1. The van der Waals surface area contributed by atoms with Crippen LogP contribution >= 0.6 is 0 Å². The Morgan fingerprint density at radius 3 is 2.35 bits per heavy atom. The monoisotopic (exact) mass is 420 g/mol. The lowest BCUT2D eigenvalue weighted by Gasteiger charge is -2.40. The molecule has 0 spiro atoms. The molecule has 1 N–H and O–H groups in total. The van der Waals surface area contributed by atoms with Gasteiger partial charge in [-0.1, -0.05) is 30.3 Å². The summed E-state index contributed by atoms with van der Waals surface area (Å²) >= 11 is 0. The fourth-order valence-electron chi connectivity index (χ4n) is 4.59. The van der Waals surface area contributed by atoms with Crippen LogP contribution in [0.3, 0.4) is 0 Å². The summed E-state index contributed by atoms with van der Waals surface area (Å²) in [7, 11) is 0. The zero-order valence-electron chi connectivity index (χ0n) is 18.5. The highest BCUT2D eigenvalue weighted by atomic mass is 16.2. The van der Waals surface area contributed by atoms with E-state index in [4.69, 9.17) is 0 Å². The fourth-order valence-corrected chi connectivity index (χ4v) is 4.59. The van der Waals surface area contributed by atoms with Crippen LogP contribution in [0.4, 0.5) is 16.2 Å². The average molecular weight is 421 g/mol. The highest BCUT2D eigenvalue weighted by Crippen LogP contribution is 2.25. The SMILES string of the molecule is Cc1cccc(N2CCN(C(=O)C3CCCN(C(=O)Nc4ccccc4)C3)CC2)c1C. The first-order valence-electron chi connectivity index (χ1n) is 11.2. The van der Waals surface area contributed by atoms with Crippen molar-refractivity contribution in [3.8, 4) is 0 Å². The van der Waals surface area contributed by atoms with E-state index in [2.05, 4.69) is 42.3 Å². The Labute approximate surface area is 184 Å². The predicted octanol–water partition coefficient (Wildman–Crippen LogP) is 3.90. The van der Waals surface area contributed by atoms with Crippen molar-refractivity contribution in [1.82, 2.24) is 9.80 Å². The summed E-state index contributed by atoms with van der Waals surface area (Å²) in [6, 6.07) is 15.8. The maximum Gasteiger partial charge on any atom is 0.321 e. The van der Waals surface area contributed by atoms with Crippen LogP contribution in [0.2, 0.25) is 0 Å². The van der Waals surface area contributed by atoms with Crippen LogP contribution in [0.15, 0.2) is 48.5 Å². The Hall–Kier alpha value is -3.02.